The van der Waals surface area contributed by atoms with Crippen LogP contribution in [0.1, 0.15) is 56.8 Å². The molecule has 354 valence electrons. The van der Waals surface area contributed by atoms with Crippen LogP contribution in [0.2, 0.25) is 20.1 Å². The predicted molar refractivity (Wildman–Crippen MR) is 243 cm³/mol. The fourth-order valence-electron chi connectivity index (χ4n) is 6.08. The fraction of sp³-hybridized carbons (Fsp3) is 0.182. The first-order chi connectivity index (χ1) is 31.7. The number of aryl methyl sites for hydroxylation is 2. The minimum Gasteiger partial charge on any atom is -0.324 e. The van der Waals surface area contributed by atoms with Gasteiger partial charge in [0.15, 0.2) is 11.6 Å². The van der Waals surface area contributed by atoms with E-state index < -0.39 is 82.1 Å². The highest BCUT2D eigenvalue weighted by atomic mass is 35.5. The molecule has 5 aromatic carbocycles. The van der Waals surface area contributed by atoms with Crippen LogP contribution in [-0.4, -0.2) is 47.3 Å². The Morgan fingerprint density at radius 1 is 0.515 bits per heavy atom. The van der Waals surface area contributed by atoms with E-state index in [1.165, 1.54) is 36.4 Å². The molecule has 2 unspecified atom stereocenters. The van der Waals surface area contributed by atoms with Gasteiger partial charge in [0.1, 0.15) is 11.4 Å². The van der Waals surface area contributed by atoms with Crippen molar-refractivity contribution in [2.75, 3.05) is 21.3 Å². The number of carbonyl (C=O) groups excluding carboxylic acids is 6. The Hall–Kier alpha value is -6.74. The van der Waals surface area contributed by atoms with E-state index in [1.807, 2.05) is 0 Å². The fourth-order valence-corrected chi connectivity index (χ4v) is 6.74. The van der Waals surface area contributed by atoms with Crippen LogP contribution in [0.4, 0.5) is 60.5 Å². The maximum absolute atomic E-state index is 13.6. The second-order valence-corrected chi connectivity index (χ2v) is 16.2. The van der Waals surface area contributed by atoms with Crippen molar-refractivity contribution in [2.45, 2.75) is 52.1 Å². The average Bonchev–Trinajstić information content (AvgIpc) is 3.23. The van der Waals surface area contributed by atoms with Crippen molar-refractivity contribution in [1.82, 2.24) is 0 Å². The Labute approximate surface area is 401 Å². The lowest BCUT2D eigenvalue weighted by atomic mass is 10.1. The van der Waals surface area contributed by atoms with Gasteiger partial charge in [-0.2, -0.15) is 46.8 Å². The first kappa shape index (κ1) is 52.2. The summed E-state index contributed by atoms with van der Waals surface area (Å²) in [6.07, 6.45) is -9.69. The Morgan fingerprint density at radius 3 is 1.26 bits per heavy atom. The minimum absolute atomic E-state index is 0.0878. The summed E-state index contributed by atoms with van der Waals surface area (Å²) in [5, 5.41) is 24.3. The van der Waals surface area contributed by atoms with Crippen LogP contribution in [0, 0.1) is 13.8 Å². The molecule has 68 heavy (non-hydrogen) atoms. The van der Waals surface area contributed by atoms with E-state index in [2.05, 4.69) is 41.7 Å². The van der Waals surface area contributed by atoms with E-state index in [-0.39, 0.29) is 54.0 Å². The van der Waals surface area contributed by atoms with Gasteiger partial charge < -0.3 is 21.3 Å². The number of nitrogens with one attached hydrogen (secondary N) is 4. The van der Waals surface area contributed by atoms with Crippen LogP contribution in [0.3, 0.4) is 0 Å². The Balaban J connectivity index is 1.28. The van der Waals surface area contributed by atoms with Gasteiger partial charge in [0.05, 0.1) is 32.5 Å². The van der Waals surface area contributed by atoms with Crippen LogP contribution in [0.15, 0.2) is 105 Å². The minimum atomic E-state index is -4.85. The zero-order valence-electron chi connectivity index (χ0n) is 35.3. The van der Waals surface area contributed by atoms with Crippen molar-refractivity contribution in [1.29, 1.82) is 0 Å². The van der Waals surface area contributed by atoms with E-state index in [0.29, 0.717) is 23.3 Å². The van der Waals surface area contributed by atoms with E-state index in [9.17, 15) is 55.1 Å². The molecule has 0 bridgehead atoms. The van der Waals surface area contributed by atoms with Crippen LogP contribution in [0.25, 0.3) is 0 Å². The normalized spacial score (nSPS) is 12.7. The first-order valence-corrected chi connectivity index (χ1v) is 20.8. The lowest BCUT2D eigenvalue weighted by Crippen LogP contribution is -2.33. The lowest BCUT2D eigenvalue weighted by molar-refractivity contribution is -0.137. The number of ketones is 2. The highest BCUT2D eigenvalue weighted by Gasteiger charge is 2.36. The molecule has 4 amide bonds. The van der Waals surface area contributed by atoms with E-state index in [4.69, 9.17) is 46.4 Å². The number of azo groups is 2. The molecule has 0 fully saturated rings. The summed E-state index contributed by atoms with van der Waals surface area (Å²) < 4.78 is 81.6. The Morgan fingerprint density at radius 2 is 0.897 bits per heavy atom. The number of amides is 4. The lowest BCUT2D eigenvalue weighted by Gasteiger charge is -2.17. The molecule has 5 rings (SSSR count). The Bertz CT molecular complexity index is 2910. The molecule has 24 heteroatoms. The summed E-state index contributed by atoms with van der Waals surface area (Å²) in [6, 6.07) is 11.8. The van der Waals surface area contributed by atoms with Gasteiger partial charge in [-0.1, -0.05) is 46.4 Å². The molecule has 0 aromatic heterocycles. The molecule has 2 atom stereocenters. The molecule has 4 N–H and O–H groups in total. The molecular formula is C44H32Cl4F6N8O6. The third kappa shape index (κ3) is 13.2. The number of nitrogens with zero attached hydrogens (tertiary/aromatic N) is 4. The number of benzene rings is 5. The molecule has 0 radical (unpaired) electrons. The second-order valence-electron chi connectivity index (χ2n) is 14.5. The van der Waals surface area contributed by atoms with Crippen LogP contribution >= 0.6 is 46.4 Å². The van der Waals surface area contributed by atoms with E-state index in [1.54, 1.807) is 13.8 Å². The van der Waals surface area contributed by atoms with Crippen LogP contribution in [0.5, 0.6) is 0 Å². The number of halogens is 10. The number of rotatable bonds is 14. The van der Waals surface area contributed by atoms with E-state index >= 15 is 0 Å². The highest BCUT2D eigenvalue weighted by Crippen LogP contribution is 2.39. The number of anilines is 4. The van der Waals surface area contributed by atoms with Gasteiger partial charge in [-0.25, -0.2) is 0 Å². The summed E-state index contributed by atoms with van der Waals surface area (Å²) >= 11 is 23.9. The molecule has 0 saturated heterocycles. The molecule has 0 spiro atoms. The summed E-state index contributed by atoms with van der Waals surface area (Å²) in [5.74, 6) is -5.42. The molecule has 14 nitrogen and oxygen atoms in total. The summed E-state index contributed by atoms with van der Waals surface area (Å²) in [5.41, 5.74) is -3.32. The van der Waals surface area contributed by atoms with Crippen LogP contribution < -0.4 is 21.3 Å². The maximum atomic E-state index is 13.6. The van der Waals surface area contributed by atoms with Gasteiger partial charge in [-0.3, -0.25) is 28.8 Å². The molecule has 0 saturated carbocycles. The van der Waals surface area contributed by atoms with Gasteiger partial charge in [-0.05, 0) is 124 Å². The summed E-state index contributed by atoms with van der Waals surface area (Å²) in [6.45, 7) is 5.20. The topological polar surface area (TPSA) is 200 Å². The molecule has 0 aliphatic rings. The predicted octanol–water partition coefficient (Wildman–Crippen LogP) is 12.8. The largest absolute Gasteiger partial charge is 0.418 e. The van der Waals surface area contributed by atoms with Crippen LogP contribution in [-0.2, 0) is 31.5 Å². The molecule has 5 aromatic rings. The number of Topliss-reactive ketones (excluding diaryl/α,β-unsaturated/α-hetero) is 2. The zero-order chi connectivity index (χ0) is 50.4. The smallest absolute Gasteiger partial charge is 0.324 e. The quantitative estimate of drug-likeness (QED) is 0.0484. The average molecular weight is 1020 g/mol. The van der Waals surface area contributed by atoms with Crippen molar-refractivity contribution in [2.24, 2.45) is 20.5 Å². The third-order valence-electron chi connectivity index (χ3n) is 9.36. The van der Waals surface area contributed by atoms with E-state index in [0.717, 1.165) is 50.2 Å². The molecule has 0 heterocycles. The number of hydrogen-bond acceptors (Lipinski definition) is 10. The number of hydrogen-bond donors (Lipinski definition) is 4. The van der Waals surface area contributed by atoms with Gasteiger partial charge >= 0.3 is 12.4 Å². The van der Waals surface area contributed by atoms with Gasteiger partial charge in [-0.15, -0.1) is 0 Å². The van der Waals surface area contributed by atoms with Crippen molar-refractivity contribution in [3.8, 4) is 0 Å². The van der Waals surface area contributed by atoms with Gasteiger partial charge in [0, 0.05) is 32.5 Å². The molecule has 0 aliphatic carbocycles. The highest BCUT2D eigenvalue weighted by molar-refractivity contribution is 6.34. The standard InChI is InChI=1S/C44H32Cl4F6N8O6/c1-19-13-27(55-41(67)37(21(3)63)61-59-34-15-23(5-9-30(34)47)39(65)56-32-11-7-25(45)17-28(32)43(49,50)51)14-20(2)36(19)58-42(68)38(22(4)64)62-60-35-16-24(6-10-31(35)48)40(66)57-33-12-8-26(46)18-29(33)44(52,53)54/h5-18,37-38H,1-4H3,(H,55,67)(H,56,65)(H,57,66)(H,58,68). The third-order valence-corrected chi connectivity index (χ3v) is 10.5. The summed E-state index contributed by atoms with van der Waals surface area (Å²) in [7, 11) is 0. The van der Waals surface area contributed by atoms with Gasteiger partial charge in [0.25, 0.3) is 23.6 Å². The SMILES string of the molecule is CC(=O)C(N=Nc1cc(C(=O)Nc2ccc(Cl)cc2C(F)(F)F)ccc1Cl)C(=O)Nc1cc(C)c(NC(=O)C(N=Nc2cc(C(=O)Nc3ccc(Cl)cc3C(F)(F)F)ccc2Cl)C(C)=O)c(C)c1. The second kappa shape index (κ2) is 21.5. The van der Waals surface area contributed by atoms with Crippen molar-refractivity contribution in [3.63, 3.8) is 0 Å². The first-order valence-electron chi connectivity index (χ1n) is 19.2. The molecule has 0 aliphatic heterocycles. The monoisotopic (exact) mass is 1020 g/mol. The Kier molecular flexibility index (Phi) is 16.5. The van der Waals surface area contributed by atoms with Crippen molar-refractivity contribution in [3.05, 3.63) is 138 Å². The van der Waals surface area contributed by atoms with Gasteiger partial charge in [0.2, 0.25) is 12.1 Å². The van der Waals surface area contributed by atoms with Crippen molar-refractivity contribution >= 4 is 116 Å². The molecular weight excluding hydrogens is 992 g/mol. The maximum Gasteiger partial charge on any atom is 0.418 e. The van der Waals surface area contributed by atoms with Crippen molar-refractivity contribution < 1.29 is 55.1 Å². The number of alkyl halides is 6. The summed E-state index contributed by atoms with van der Waals surface area (Å²) in [4.78, 5) is 77.9. The number of carbonyl (C=O) groups is 6. The zero-order valence-corrected chi connectivity index (χ0v) is 38.3.